The quantitative estimate of drug-likeness (QED) is 0.841. The van der Waals surface area contributed by atoms with E-state index < -0.39 is 5.97 Å². The Balaban J connectivity index is 3.12. The average molecular weight is 255 g/mol. The van der Waals surface area contributed by atoms with Gasteiger partial charge < -0.3 is 5.11 Å². The SMILES string of the molecule is CCC=C(C(=O)O)c1cccc(Br)c1. The zero-order chi connectivity index (χ0) is 10.6. The standard InChI is InChI=1S/C11H11BrO2/c1-2-4-10(11(13)14)8-5-3-6-9(12)7-8/h3-7H,2H2,1H3,(H,13,14). The third kappa shape index (κ3) is 2.70. The van der Waals surface area contributed by atoms with Crippen molar-refractivity contribution in [3.05, 3.63) is 40.4 Å². The van der Waals surface area contributed by atoms with Gasteiger partial charge in [-0.15, -0.1) is 0 Å². The molecule has 0 aromatic heterocycles. The van der Waals surface area contributed by atoms with Gasteiger partial charge in [-0.1, -0.05) is 41.1 Å². The van der Waals surface area contributed by atoms with Gasteiger partial charge in [0.2, 0.25) is 0 Å². The molecule has 0 bridgehead atoms. The first-order chi connectivity index (χ1) is 6.65. The van der Waals surface area contributed by atoms with Crippen LogP contribution in [0, 0.1) is 0 Å². The molecule has 0 saturated heterocycles. The maximum Gasteiger partial charge on any atom is 0.335 e. The Labute approximate surface area is 91.4 Å². The van der Waals surface area contributed by atoms with Crippen molar-refractivity contribution in [1.29, 1.82) is 0 Å². The van der Waals surface area contributed by atoms with Crippen LogP contribution < -0.4 is 0 Å². The van der Waals surface area contributed by atoms with E-state index in [9.17, 15) is 4.79 Å². The molecule has 0 spiro atoms. The monoisotopic (exact) mass is 254 g/mol. The van der Waals surface area contributed by atoms with E-state index in [1.807, 2.05) is 19.1 Å². The van der Waals surface area contributed by atoms with E-state index in [0.717, 1.165) is 10.0 Å². The highest BCUT2D eigenvalue weighted by molar-refractivity contribution is 9.10. The average Bonchev–Trinajstić information content (AvgIpc) is 2.13. The van der Waals surface area contributed by atoms with Crippen LogP contribution in [-0.2, 0) is 4.79 Å². The first kappa shape index (κ1) is 11.0. The van der Waals surface area contributed by atoms with E-state index in [0.29, 0.717) is 12.0 Å². The maximum atomic E-state index is 10.9. The predicted octanol–water partition coefficient (Wildman–Crippen LogP) is 3.33. The van der Waals surface area contributed by atoms with Gasteiger partial charge >= 0.3 is 5.97 Å². The molecule has 0 amide bonds. The molecule has 0 radical (unpaired) electrons. The molecule has 0 saturated carbocycles. The molecular weight excluding hydrogens is 244 g/mol. The van der Waals surface area contributed by atoms with Crippen LogP contribution in [0.25, 0.3) is 5.57 Å². The Bertz CT molecular complexity index is 369. The molecule has 0 unspecified atom stereocenters. The van der Waals surface area contributed by atoms with Crippen LogP contribution in [0.4, 0.5) is 0 Å². The second-order valence-electron chi connectivity index (χ2n) is 2.84. The van der Waals surface area contributed by atoms with E-state index in [-0.39, 0.29) is 0 Å². The van der Waals surface area contributed by atoms with Crippen molar-refractivity contribution in [2.45, 2.75) is 13.3 Å². The minimum absolute atomic E-state index is 0.355. The van der Waals surface area contributed by atoms with Crippen molar-refractivity contribution in [3.63, 3.8) is 0 Å². The van der Waals surface area contributed by atoms with E-state index in [2.05, 4.69) is 15.9 Å². The summed E-state index contributed by atoms with van der Waals surface area (Å²) in [5.41, 5.74) is 1.09. The zero-order valence-corrected chi connectivity index (χ0v) is 9.41. The van der Waals surface area contributed by atoms with Gasteiger partial charge in [-0.2, -0.15) is 0 Å². The van der Waals surface area contributed by atoms with E-state index in [1.54, 1.807) is 18.2 Å². The molecule has 0 aliphatic carbocycles. The van der Waals surface area contributed by atoms with Crippen molar-refractivity contribution in [1.82, 2.24) is 0 Å². The predicted molar refractivity (Wildman–Crippen MR) is 60.0 cm³/mol. The van der Waals surface area contributed by atoms with Gasteiger partial charge in [0.05, 0.1) is 5.57 Å². The molecule has 0 fully saturated rings. The molecule has 1 rings (SSSR count). The Hall–Kier alpha value is -1.09. The van der Waals surface area contributed by atoms with Crippen LogP contribution in [0.5, 0.6) is 0 Å². The second-order valence-corrected chi connectivity index (χ2v) is 3.76. The van der Waals surface area contributed by atoms with Crippen molar-refractivity contribution in [2.24, 2.45) is 0 Å². The highest BCUT2D eigenvalue weighted by Crippen LogP contribution is 2.19. The number of carboxylic acid groups (broad SMARTS) is 1. The van der Waals surface area contributed by atoms with Gasteiger partial charge in [-0.3, -0.25) is 0 Å². The van der Waals surface area contributed by atoms with Crippen LogP contribution in [0.15, 0.2) is 34.8 Å². The molecule has 1 aromatic rings. The fraction of sp³-hybridized carbons (Fsp3) is 0.182. The number of aliphatic carboxylic acids is 1. The van der Waals surface area contributed by atoms with Gasteiger partial charge in [0, 0.05) is 4.47 Å². The van der Waals surface area contributed by atoms with Crippen molar-refractivity contribution < 1.29 is 9.90 Å². The molecule has 0 atom stereocenters. The lowest BCUT2D eigenvalue weighted by Crippen LogP contribution is -1.99. The number of carboxylic acids is 1. The van der Waals surface area contributed by atoms with Crippen LogP contribution in [0.2, 0.25) is 0 Å². The van der Waals surface area contributed by atoms with Crippen molar-refractivity contribution in [2.75, 3.05) is 0 Å². The lowest BCUT2D eigenvalue weighted by atomic mass is 10.1. The van der Waals surface area contributed by atoms with Crippen LogP contribution >= 0.6 is 15.9 Å². The molecule has 2 nitrogen and oxygen atoms in total. The molecule has 1 aromatic carbocycles. The summed E-state index contributed by atoms with van der Waals surface area (Å²) in [6.07, 6.45) is 2.43. The van der Waals surface area contributed by atoms with Crippen LogP contribution in [-0.4, -0.2) is 11.1 Å². The second kappa shape index (κ2) is 4.96. The molecule has 1 N–H and O–H groups in total. The number of benzene rings is 1. The van der Waals surface area contributed by atoms with Crippen LogP contribution in [0.3, 0.4) is 0 Å². The summed E-state index contributed by atoms with van der Waals surface area (Å²) in [7, 11) is 0. The molecule has 74 valence electrons. The third-order valence-electron chi connectivity index (χ3n) is 1.77. The zero-order valence-electron chi connectivity index (χ0n) is 7.83. The molecule has 0 aliphatic rings. The Morgan fingerprint density at radius 3 is 2.79 bits per heavy atom. The summed E-state index contributed by atoms with van der Waals surface area (Å²) in [5.74, 6) is -0.884. The lowest BCUT2D eigenvalue weighted by Gasteiger charge is -2.02. The Morgan fingerprint density at radius 2 is 2.29 bits per heavy atom. The molecule has 0 heterocycles. The van der Waals surface area contributed by atoms with E-state index >= 15 is 0 Å². The van der Waals surface area contributed by atoms with Gasteiger partial charge in [-0.05, 0) is 24.1 Å². The molecule has 14 heavy (non-hydrogen) atoms. The number of rotatable bonds is 3. The van der Waals surface area contributed by atoms with Gasteiger partial charge in [0.1, 0.15) is 0 Å². The topological polar surface area (TPSA) is 37.3 Å². The summed E-state index contributed by atoms with van der Waals surface area (Å²) in [4.78, 5) is 10.9. The molecular formula is C11H11BrO2. The molecule has 0 aliphatic heterocycles. The number of halogens is 1. The van der Waals surface area contributed by atoms with Crippen molar-refractivity contribution >= 4 is 27.5 Å². The number of hydrogen-bond donors (Lipinski definition) is 1. The third-order valence-corrected chi connectivity index (χ3v) is 2.27. The fourth-order valence-electron chi connectivity index (χ4n) is 1.19. The number of carbonyl (C=O) groups is 1. The summed E-state index contributed by atoms with van der Waals surface area (Å²) in [5, 5.41) is 8.97. The minimum atomic E-state index is -0.884. The Morgan fingerprint density at radius 1 is 1.57 bits per heavy atom. The van der Waals surface area contributed by atoms with Gasteiger partial charge in [0.15, 0.2) is 0 Å². The lowest BCUT2D eigenvalue weighted by molar-refractivity contribution is -0.130. The van der Waals surface area contributed by atoms with Crippen molar-refractivity contribution in [3.8, 4) is 0 Å². The van der Waals surface area contributed by atoms with E-state index in [4.69, 9.17) is 5.11 Å². The summed E-state index contributed by atoms with van der Waals surface area (Å²) in [6, 6.07) is 7.29. The Kier molecular flexibility index (Phi) is 3.89. The largest absolute Gasteiger partial charge is 0.478 e. The number of hydrogen-bond acceptors (Lipinski definition) is 1. The minimum Gasteiger partial charge on any atom is -0.478 e. The van der Waals surface area contributed by atoms with Gasteiger partial charge in [-0.25, -0.2) is 4.79 Å². The number of allylic oxidation sites excluding steroid dienone is 1. The first-order valence-electron chi connectivity index (χ1n) is 4.34. The van der Waals surface area contributed by atoms with Gasteiger partial charge in [0.25, 0.3) is 0 Å². The smallest absolute Gasteiger partial charge is 0.335 e. The fourth-order valence-corrected chi connectivity index (χ4v) is 1.59. The normalized spacial score (nSPS) is 11.4. The summed E-state index contributed by atoms with van der Waals surface area (Å²) >= 11 is 3.31. The highest BCUT2D eigenvalue weighted by atomic mass is 79.9. The molecule has 3 heteroatoms. The first-order valence-corrected chi connectivity index (χ1v) is 5.14. The highest BCUT2D eigenvalue weighted by Gasteiger charge is 2.08. The van der Waals surface area contributed by atoms with E-state index in [1.165, 1.54) is 0 Å². The van der Waals surface area contributed by atoms with Crippen LogP contribution in [0.1, 0.15) is 18.9 Å². The summed E-state index contributed by atoms with van der Waals surface area (Å²) < 4.78 is 0.887. The summed E-state index contributed by atoms with van der Waals surface area (Å²) in [6.45, 7) is 1.92. The maximum absolute atomic E-state index is 10.9.